The minimum atomic E-state index is -0.226. The Kier molecular flexibility index (Phi) is 6.99. The van der Waals surface area contributed by atoms with Crippen LogP contribution in [0.5, 0.6) is 0 Å². The summed E-state index contributed by atoms with van der Waals surface area (Å²) < 4.78 is 13.6. The van der Waals surface area contributed by atoms with Crippen molar-refractivity contribution >= 4 is 11.6 Å². The molecular formula is C28H31FN2O. The quantitative estimate of drug-likeness (QED) is 0.519. The molecule has 166 valence electrons. The number of hydrogen-bond acceptors (Lipinski definition) is 2. The molecule has 0 saturated heterocycles. The van der Waals surface area contributed by atoms with Crippen molar-refractivity contribution in [2.24, 2.45) is 5.92 Å². The highest BCUT2D eigenvalue weighted by Gasteiger charge is 2.22. The zero-order valence-electron chi connectivity index (χ0n) is 19.0. The second-order valence-electron chi connectivity index (χ2n) is 8.88. The van der Waals surface area contributed by atoms with Crippen LogP contribution in [-0.2, 0) is 24.2 Å². The highest BCUT2D eigenvalue weighted by molar-refractivity contribution is 5.93. The van der Waals surface area contributed by atoms with Crippen LogP contribution in [0.4, 0.5) is 10.1 Å². The van der Waals surface area contributed by atoms with Crippen LogP contribution < -0.4 is 4.90 Å². The van der Waals surface area contributed by atoms with E-state index in [4.69, 9.17) is 0 Å². The molecule has 0 bridgehead atoms. The lowest BCUT2D eigenvalue weighted by Crippen LogP contribution is -2.32. The second kappa shape index (κ2) is 10.1. The summed E-state index contributed by atoms with van der Waals surface area (Å²) in [5.41, 5.74) is 6.51. The third-order valence-electron chi connectivity index (χ3n) is 6.36. The van der Waals surface area contributed by atoms with Gasteiger partial charge in [0.05, 0.1) is 12.2 Å². The summed E-state index contributed by atoms with van der Waals surface area (Å²) in [6.07, 6.45) is 12.4. The molecule has 0 saturated carbocycles. The van der Waals surface area contributed by atoms with Gasteiger partial charge in [-0.15, -0.1) is 0 Å². The van der Waals surface area contributed by atoms with Crippen LogP contribution in [-0.4, -0.2) is 10.9 Å². The van der Waals surface area contributed by atoms with E-state index in [0.717, 1.165) is 35.5 Å². The third-order valence-corrected chi connectivity index (χ3v) is 6.36. The molecule has 0 aliphatic heterocycles. The molecule has 0 spiro atoms. The molecule has 2 aromatic rings. The molecule has 4 heteroatoms. The molecule has 2 aliphatic rings. The van der Waals surface area contributed by atoms with E-state index in [0.29, 0.717) is 19.4 Å². The Morgan fingerprint density at radius 3 is 2.72 bits per heavy atom. The fourth-order valence-corrected chi connectivity index (χ4v) is 4.54. The predicted octanol–water partition coefficient (Wildman–Crippen LogP) is 6.57. The van der Waals surface area contributed by atoms with Crippen molar-refractivity contribution in [2.75, 3.05) is 4.90 Å². The fourth-order valence-electron chi connectivity index (χ4n) is 4.54. The first-order valence-corrected chi connectivity index (χ1v) is 11.6. The van der Waals surface area contributed by atoms with Crippen LogP contribution in [0.1, 0.15) is 55.1 Å². The minimum absolute atomic E-state index is 0.00338. The lowest BCUT2D eigenvalue weighted by Gasteiger charge is -2.27. The molecule has 0 radical (unpaired) electrons. The van der Waals surface area contributed by atoms with Crippen LogP contribution in [0.25, 0.3) is 0 Å². The van der Waals surface area contributed by atoms with E-state index in [1.807, 2.05) is 43.0 Å². The number of carbonyl (C=O) groups excluding carboxylic acids is 1. The van der Waals surface area contributed by atoms with Crippen molar-refractivity contribution in [3.05, 3.63) is 94.6 Å². The molecule has 1 aromatic heterocycles. The van der Waals surface area contributed by atoms with Crippen molar-refractivity contribution in [2.45, 2.75) is 58.9 Å². The van der Waals surface area contributed by atoms with Gasteiger partial charge in [0.1, 0.15) is 5.83 Å². The van der Waals surface area contributed by atoms with Crippen molar-refractivity contribution in [1.29, 1.82) is 0 Å². The number of anilines is 1. The van der Waals surface area contributed by atoms with Gasteiger partial charge in [-0.1, -0.05) is 31.2 Å². The first-order chi connectivity index (χ1) is 15.5. The SMILES string of the molecule is Cc1cccc(CN(C(=O)CC(C)C2=CCC=C(F)C=C2)c2ccc3c(c2)CCCC3)n1. The normalized spacial score (nSPS) is 16.5. The lowest BCUT2D eigenvalue weighted by molar-refractivity contribution is -0.119. The third kappa shape index (κ3) is 5.42. The molecule has 4 rings (SSSR count). The number of benzene rings is 1. The summed E-state index contributed by atoms with van der Waals surface area (Å²) in [4.78, 5) is 20.1. The van der Waals surface area contributed by atoms with E-state index in [2.05, 4.69) is 23.2 Å². The Labute approximate surface area is 190 Å². The lowest BCUT2D eigenvalue weighted by atomic mass is 9.91. The van der Waals surface area contributed by atoms with Crippen LogP contribution in [0.3, 0.4) is 0 Å². The maximum atomic E-state index is 13.6. The van der Waals surface area contributed by atoms with Gasteiger partial charge in [0.2, 0.25) is 5.91 Å². The van der Waals surface area contributed by atoms with Gasteiger partial charge in [0.25, 0.3) is 0 Å². The largest absolute Gasteiger partial charge is 0.306 e. The molecule has 1 aromatic carbocycles. The van der Waals surface area contributed by atoms with E-state index in [1.165, 1.54) is 30.0 Å². The number of aryl methyl sites for hydroxylation is 3. The Morgan fingerprint density at radius 2 is 1.91 bits per heavy atom. The van der Waals surface area contributed by atoms with Crippen LogP contribution in [0.15, 0.2) is 72.1 Å². The standard InChI is InChI=1S/C28H31FN2O/c1-20(22-10-6-11-25(29)15-13-22)17-28(32)31(19-26-12-5-7-21(2)30-26)27-16-14-23-8-3-4-9-24(23)18-27/h5,7,10-16,18,20H,3-4,6,8-9,17,19H2,1-2H3. The van der Waals surface area contributed by atoms with E-state index in [1.54, 1.807) is 12.2 Å². The molecule has 0 fully saturated rings. The number of aromatic nitrogens is 1. The van der Waals surface area contributed by atoms with Crippen LogP contribution in [0, 0.1) is 12.8 Å². The van der Waals surface area contributed by atoms with Crippen LogP contribution >= 0.6 is 0 Å². The Morgan fingerprint density at radius 1 is 1.09 bits per heavy atom. The zero-order chi connectivity index (χ0) is 22.5. The molecule has 1 atom stereocenters. The van der Waals surface area contributed by atoms with E-state index in [-0.39, 0.29) is 17.7 Å². The number of nitrogens with zero attached hydrogens (tertiary/aromatic N) is 2. The highest BCUT2D eigenvalue weighted by atomic mass is 19.1. The number of hydrogen-bond donors (Lipinski definition) is 0. The van der Waals surface area contributed by atoms with E-state index < -0.39 is 0 Å². The monoisotopic (exact) mass is 430 g/mol. The molecule has 1 amide bonds. The van der Waals surface area contributed by atoms with Gasteiger partial charge in [0, 0.05) is 17.8 Å². The van der Waals surface area contributed by atoms with Crippen molar-refractivity contribution < 1.29 is 9.18 Å². The predicted molar refractivity (Wildman–Crippen MR) is 128 cm³/mol. The zero-order valence-corrected chi connectivity index (χ0v) is 19.0. The molecule has 3 nitrogen and oxygen atoms in total. The number of halogens is 1. The molecule has 32 heavy (non-hydrogen) atoms. The maximum absolute atomic E-state index is 13.6. The number of allylic oxidation sites excluding steroid dienone is 6. The summed E-state index contributed by atoms with van der Waals surface area (Å²) in [5, 5.41) is 0. The number of carbonyl (C=O) groups is 1. The Balaban J connectivity index is 1.59. The summed E-state index contributed by atoms with van der Waals surface area (Å²) in [5.74, 6) is -0.164. The summed E-state index contributed by atoms with van der Waals surface area (Å²) in [6.45, 7) is 4.44. The van der Waals surface area contributed by atoms with Gasteiger partial charge < -0.3 is 4.90 Å². The fraction of sp³-hybridized carbons (Fsp3) is 0.357. The summed E-state index contributed by atoms with van der Waals surface area (Å²) in [6, 6.07) is 12.4. The van der Waals surface area contributed by atoms with E-state index in [9.17, 15) is 9.18 Å². The first-order valence-electron chi connectivity index (χ1n) is 11.6. The minimum Gasteiger partial charge on any atom is -0.306 e. The first kappa shape index (κ1) is 22.2. The van der Waals surface area contributed by atoms with Gasteiger partial charge in [-0.05, 0) is 98.1 Å². The topological polar surface area (TPSA) is 33.2 Å². The van der Waals surface area contributed by atoms with Crippen molar-refractivity contribution in [1.82, 2.24) is 4.98 Å². The molecule has 0 N–H and O–H groups in total. The Bertz CT molecular complexity index is 1080. The van der Waals surface area contributed by atoms with Crippen molar-refractivity contribution in [3.63, 3.8) is 0 Å². The molecule has 1 unspecified atom stereocenters. The second-order valence-corrected chi connectivity index (χ2v) is 8.88. The smallest absolute Gasteiger partial charge is 0.227 e. The average molecular weight is 431 g/mol. The van der Waals surface area contributed by atoms with Crippen molar-refractivity contribution in [3.8, 4) is 0 Å². The molecule has 2 aliphatic carbocycles. The summed E-state index contributed by atoms with van der Waals surface area (Å²) >= 11 is 0. The molecular weight excluding hydrogens is 399 g/mol. The van der Waals surface area contributed by atoms with Crippen LogP contribution in [0.2, 0.25) is 0 Å². The average Bonchev–Trinajstić information content (AvgIpc) is 3.01. The number of amides is 1. The summed E-state index contributed by atoms with van der Waals surface area (Å²) in [7, 11) is 0. The van der Waals surface area contributed by atoms with Gasteiger partial charge >= 0.3 is 0 Å². The number of rotatable bonds is 6. The maximum Gasteiger partial charge on any atom is 0.227 e. The number of fused-ring (bicyclic) bond motifs is 1. The number of pyridine rings is 1. The van der Waals surface area contributed by atoms with Gasteiger partial charge in [-0.25, -0.2) is 4.39 Å². The molecule has 1 heterocycles. The highest BCUT2D eigenvalue weighted by Crippen LogP contribution is 2.29. The van der Waals surface area contributed by atoms with Gasteiger partial charge in [-0.2, -0.15) is 0 Å². The van der Waals surface area contributed by atoms with Gasteiger partial charge in [0.15, 0.2) is 0 Å². The Hall–Kier alpha value is -3.01. The van der Waals surface area contributed by atoms with E-state index >= 15 is 0 Å². The van der Waals surface area contributed by atoms with Gasteiger partial charge in [-0.3, -0.25) is 9.78 Å².